The molecule has 9 heteroatoms. The normalized spacial score (nSPS) is 26.4. The highest BCUT2D eigenvalue weighted by Gasteiger charge is 2.36. The molecule has 160 valence electrons. The van der Waals surface area contributed by atoms with E-state index in [2.05, 4.69) is 14.9 Å². The molecule has 3 aliphatic rings. The Labute approximate surface area is 172 Å². The number of carbonyl (C=O) groups excluding carboxylic acids is 1. The van der Waals surface area contributed by atoms with Gasteiger partial charge < -0.3 is 15.0 Å². The van der Waals surface area contributed by atoms with Crippen LogP contribution in [0.4, 0.5) is 5.69 Å². The Bertz CT molecular complexity index is 833. The number of ether oxygens (including phenoxy) is 1. The Kier molecular flexibility index (Phi) is 6.10. The maximum Gasteiger partial charge on any atom is 0.244 e. The van der Waals surface area contributed by atoms with Crippen LogP contribution in [0.3, 0.4) is 0 Å². The first-order valence-electron chi connectivity index (χ1n) is 10.4. The van der Waals surface area contributed by atoms with Crippen LogP contribution in [0.2, 0.25) is 0 Å². The van der Waals surface area contributed by atoms with Crippen molar-refractivity contribution in [2.75, 3.05) is 51.3 Å². The third-order valence-electron chi connectivity index (χ3n) is 6.15. The summed E-state index contributed by atoms with van der Waals surface area (Å²) in [5.41, 5.74) is 0.647. The molecular weight excluding hydrogens is 392 g/mol. The molecule has 0 unspecified atom stereocenters. The number of para-hydroxylation sites is 1. The number of carbonyl (C=O) groups is 1. The highest BCUT2D eigenvalue weighted by Crippen LogP contribution is 2.31. The van der Waals surface area contributed by atoms with Gasteiger partial charge in [0.2, 0.25) is 15.9 Å². The van der Waals surface area contributed by atoms with Gasteiger partial charge in [-0.15, -0.1) is 0 Å². The summed E-state index contributed by atoms with van der Waals surface area (Å²) in [5, 5.41) is 3.33. The van der Waals surface area contributed by atoms with Gasteiger partial charge in [-0.3, -0.25) is 9.69 Å². The molecule has 4 rings (SSSR count). The maximum absolute atomic E-state index is 12.9. The molecule has 0 bridgehead atoms. The van der Waals surface area contributed by atoms with Crippen molar-refractivity contribution < 1.29 is 17.9 Å². The van der Waals surface area contributed by atoms with Crippen molar-refractivity contribution in [3.63, 3.8) is 0 Å². The molecular formula is C20H30N4O4S. The second kappa shape index (κ2) is 8.59. The van der Waals surface area contributed by atoms with Gasteiger partial charge in [0, 0.05) is 38.6 Å². The zero-order valence-electron chi connectivity index (χ0n) is 16.8. The number of sulfonamides is 1. The summed E-state index contributed by atoms with van der Waals surface area (Å²) < 4.78 is 33.2. The number of benzene rings is 1. The van der Waals surface area contributed by atoms with Gasteiger partial charge in [0.15, 0.2) is 0 Å². The average molecular weight is 423 g/mol. The van der Waals surface area contributed by atoms with Crippen LogP contribution in [0.5, 0.6) is 0 Å². The molecule has 0 spiro atoms. The smallest absolute Gasteiger partial charge is 0.244 e. The van der Waals surface area contributed by atoms with Crippen LogP contribution >= 0.6 is 0 Å². The van der Waals surface area contributed by atoms with Crippen LogP contribution in [-0.4, -0.2) is 76.2 Å². The molecule has 29 heavy (non-hydrogen) atoms. The topological polar surface area (TPSA) is 91.0 Å². The van der Waals surface area contributed by atoms with E-state index >= 15 is 0 Å². The fraction of sp³-hybridized carbons (Fsp3) is 0.650. The quantitative estimate of drug-likeness (QED) is 0.750. The predicted octanol–water partition coefficient (Wildman–Crippen LogP) is 0.923. The third-order valence-corrected chi connectivity index (χ3v) is 7.65. The highest BCUT2D eigenvalue weighted by molar-refractivity contribution is 7.89. The van der Waals surface area contributed by atoms with Crippen LogP contribution in [0.1, 0.15) is 19.8 Å². The number of fused-ring (bicyclic) bond motifs is 1. The second-order valence-corrected chi connectivity index (χ2v) is 9.90. The maximum atomic E-state index is 12.9. The summed E-state index contributed by atoms with van der Waals surface area (Å²) in [6, 6.07) is 6.97. The van der Waals surface area contributed by atoms with Crippen molar-refractivity contribution in [1.82, 2.24) is 14.5 Å². The number of hydrogen-bond acceptors (Lipinski definition) is 6. The van der Waals surface area contributed by atoms with Crippen molar-refractivity contribution in [2.24, 2.45) is 11.8 Å². The van der Waals surface area contributed by atoms with E-state index in [9.17, 15) is 13.2 Å². The minimum atomic E-state index is -3.51. The molecule has 0 saturated carbocycles. The van der Waals surface area contributed by atoms with E-state index in [1.807, 2.05) is 17.9 Å². The lowest BCUT2D eigenvalue weighted by atomic mass is 9.93. The van der Waals surface area contributed by atoms with E-state index in [1.54, 1.807) is 18.2 Å². The van der Waals surface area contributed by atoms with Crippen molar-refractivity contribution in [3.05, 3.63) is 24.3 Å². The number of amides is 1. The van der Waals surface area contributed by atoms with Gasteiger partial charge in [0.1, 0.15) is 4.90 Å². The van der Waals surface area contributed by atoms with Gasteiger partial charge in [0.25, 0.3) is 0 Å². The number of piperidine rings is 1. The number of likely N-dealkylation sites (tertiary alicyclic amines) is 1. The monoisotopic (exact) mass is 422 g/mol. The number of hydrogen-bond donors (Lipinski definition) is 2. The van der Waals surface area contributed by atoms with Crippen molar-refractivity contribution in [3.8, 4) is 0 Å². The predicted molar refractivity (Wildman–Crippen MR) is 110 cm³/mol. The third kappa shape index (κ3) is 4.58. The Morgan fingerprint density at radius 3 is 2.59 bits per heavy atom. The van der Waals surface area contributed by atoms with E-state index in [-0.39, 0.29) is 23.9 Å². The van der Waals surface area contributed by atoms with E-state index in [1.165, 1.54) is 0 Å². The van der Waals surface area contributed by atoms with Crippen LogP contribution < -0.4 is 10.0 Å². The van der Waals surface area contributed by atoms with E-state index < -0.39 is 10.0 Å². The molecule has 1 aromatic carbocycles. The minimum absolute atomic E-state index is 0.0390. The van der Waals surface area contributed by atoms with Crippen molar-refractivity contribution in [2.45, 2.75) is 30.8 Å². The molecule has 1 amide bonds. The Hall–Kier alpha value is -1.68. The Morgan fingerprint density at radius 2 is 1.86 bits per heavy atom. The largest absolute Gasteiger partial charge is 0.379 e. The van der Waals surface area contributed by atoms with Crippen LogP contribution in [0.25, 0.3) is 0 Å². The molecule has 2 saturated heterocycles. The Balaban J connectivity index is 1.32. The number of rotatable bonds is 4. The lowest BCUT2D eigenvalue weighted by Crippen LogP contribution is -2.53. The minimum Gasteiger partial charge on any atom is -0.379 e. The van der Waals surface area contributed by atoms with Crippen molar-refractivity contribution in [1.29, 1.82) is 0 Å². The molecule has 8 nitrogen and oxygen atoms in total. The molecule has 3 aliphatic heterocycles. The molecule has 0 aliphatic carbocycles. The zero-order valence-corrected chi connectivity index (χ0v) is 17.7. The molecule has 1 aromatic rings. The molecule has 0 aromatic heterocycles. The fourth-order valence-electron chi connectivity index (χ4n) is 4.48. The van der Waals surface area contributed by atoms with Gasteiger partial charge in [0.05, 0.1) is 25.1 Å². The summed E-state index contributed by atoms with van der Waals surface area (Å²) in [5.74, 6) is 0.303. The number of morpholine rings is 1. The summed E-state index contributed by atoms with van der Waals surface area (Å²) in [6.07, 6.45) is 1.22. The van der Waals surface area contributed by atoms with E-state index in [4.69, 9.17) is 4.74 Å². The van der Waals surface area contributed by atoms with Gasteiger partial charge in [-0.25, -0.2) is 8.42 Å². The molecule has 2 fully saturated rings. The fourth-order valence-corrected chi connectivity index (χ4v) is 5.86. The van der Waals surface area contributed by atoms with E-state index in [0.29, 0.717) is 23.7 Å². The summed E-state index contributed by atoms with van der Waals surface area (Å²) in [6.45, 7) is 7.33. The van der Waals surface area contributed by atoms with Gasteiger partial charge >= 0.3 is 0 Å². The first-order chi connectivity index (χ1) is 13.9. The van der Waals surface area contributed by atoms with E-state index in [0.717, 1.165) is 45.7 Å². The molecule has 0 radical (unpaired) electrons. The van der Waals surface area contributed by atoms with Crippen LogP contribution in [0.15, 0.2) is 29.2 Å². The van der Waals surface area contributed by atoms with Crippen molar-refractivity contribution >= 4 is 21.6 Å². The molecule has 2 N–H and O–H groups in total. The highest BCUT2D eigenvalue weighted by atomic mass is 32.2. The summed E-state index contributed by atoms with van der Waals surface area (Å²) in [4.78, 5) is 17.4. The summed E-state index contributed by atoms with van der Waals surface area (Å²) in [7, 11) is -3.51. The Morgan fingerprint density at radius 1 is 1.17 bits per heavy atom. The summed E-state index contributed by atoms with van der Waals surface area (Å²) >= 11 is 0. The standard InChI is InChI=1S/C20H30N4O4S/c1-15(14-23-10-12-28-13-11-23)20(25)24-8-6-16(7-9-24)19-21-17-4-2-3-5-18(17)29(26,27)22-19/h2-5,15-16,19,21-22H,6-14H2,1H3/t15-,19-/m0/s1. The van der Waals surface area contributed by atoms with Gasteiger partial charge in [-0.05, 0) is 30.9 Å². The second-order valence-electron chi connectivity index (χ2n) is 8.22. The molecule has 2 atom stereocenters. The zero-order chi connectivity index (χ0) is 20.4. The number of nitrogens with zero attached hydrogens (tertiary/aromatic N) is 2. The lowest BCUT2D eigenvalue weighted by molar-refractivity contribution is -0.137. The SMILES string of the molecule is C[C@@H](CN1CCOCC1)C(=O)N1CCC([C@H]2Nc3ccccc3S(=O)(=O)N2)CC1. The van der Waals surface area contributed by atoms with Gasteiger partial charge in [-0.2, -0.15) is 4.72 Å². The molecule has 3 heterocycles. The van der Waals surface area contributed by atoms with Crippen LogP contribution in [0, 0.1) is 11.8 Å². The van der Waals surface area contributed by atoms with Gasteiger partial charge in [-0.1, -0.05) is 19.1 Å². The lowest BCUT2D eigenvalue weighted by Gasteiger charge is -2.40. The number of nitrogens with one attached hydrogen (secondary N) is 2. The first kappa shape index (κ1) is 20.6. The average Bonchev–Trinajstić information content (AvgIpc) is 2.73. The first-order valence-corrected chi connectivity index (χ1v) is 11.9. The van der Waals surface area contributed by atoms with Crippen LogP contribution in [-0.2, 0) is 19.6 Å². The number of anilines is 1.